The summed E-state index contributed by atoms with van der Waals surface area (Å²) in [6, 6.07) is 0. The molecule has 0 radical (unpaired) electrons. The highest BCUT2D eigenvalue weighted by atomic mass is 14.2. The fourth-order valence-electron chi connectivity index (χ4n) is 1.98. The molecule has 0 nitrogen and oxygen atoms in total. The van der Waals surface area contributed by atoms with E-state index < -0.39 is 0 Å². The van der Waals surface area contributed by atoms with E-state index in [4.69, 9.17) is 0 Å². The summed E-state index contributed by atoms with van der Waals surface area (Å²) in [6.45, 7) is 11.4. The molecule has 0 fully saturated rings. The largest absolute Gasteiger partial charge is 0.0887 e. The predicted molar refractivity (Wildman–Crippen MR) is 66.6 cm³/mol. The summed E-state index contributed by atoms with van der Waals surface area (Å²) < 4.78 is 0. The minimum Gasteiger partial charge on any atom is -0.0887 e. The predicted octanol–water partition coefficient (Wildman–Crippen LogP) is 5.34. The lowest BCUT2D eigenvalue weighted by atomic mass is 9.81. The molecule has 0 saturated carbocycles. The Morgan fingerprint density at radius 1 is 1.14 bits per heavy atom. The minimum absolute atomic E-state index is 0.504. The lowest BCUT2D eigenvalue weighted by molar-refractivity contribution is 0.316. The Balaban J connectivity index is 3.72. The zero-order valence-electron chi connectivity index (χ0n) is 10.8. The van der Waals surface area contributed by atoms with Gasteiger partial charge in [-0.3, -0.25) is 0 Å². The van der Waals surface area contributed by atoms with Crippen molar-refractivity contribution in [2.45, 2.75) is 73.1 Å². The Kier molecular flexibility index (Phi) is 6.96. The van der Waals surface area contributed by atoms with Crippen molar-refractivity contribution in [2.24, 2.45) is 5.41 Å². The summed E-state index contributed by atoms with van der Waals surface area (Å²) in [5, 5.41) is 0. The first-order valence-corrected chi connectivity index (χ1v) is 6.13. The van der Waals surface area contributed by atoms with Crippen LogP contribution in [0.15, 0.2) is 11.6 Å². The standard InChI is InChI=1S/C14H28/c1-6-8-9-10-11-14(4,5)12-13(3)7-2/h7H,6,8-12H2,1-5H3. The molecule has 0 aliphatic heterocycles. The van der Waals surface area contributed by atoms with E-state index in [0.717, 1.165) is 0 Å². The maximum absolute atomic E-state index is 2.39. The van der Waals surface area contributed by atoms with E-state index in [9.17, 15) is 0 Å². The quantitative estimate of drug-likeness (QED) is 0.381. The summed E-state index contributed by atoms with van der Waals surface area (Å²) >= 11 is 0. The second kappa shape index (κ2) is 7.09. The van der Waals surface area contributed by atoms with Crippen LogP contribution >= 0.6 is 0 Å². The lowest BCUT2D eigenvalue weighted by Gasteiger charge is -2.25. The molecule has 84 valence electrons. The summed E-state index contributed by atoms with van der Waals surface area (Å²) in [5.74, 6) is 0. The van der Waals surface area contributed by atoms with Crippen molar-refractivity contribution in [2.75, 3.05) is 0 Å². The van der Waals surface area contributed by atoms with Crippen molar-refractivity contribution in [3.63, 3.8) is 0 Å². The average molecular weight is 196 g/mol. The number of hydrogen-bond acceptors (Lipinski definition) is 0. The molecule has 0 rings (SSSR count). The number of rotatable bonds is 7. The van der Waals surface area contributed by atoms with Crippen LogP contribution in [-0.4, -0.2) is 0 Å². The van der Waals surface area contributed by atoms with Gasteiger partial charge in [0.1, 0.15) is 0 Å². The Morgan fingerprint density at radius 3 is 2.29 bits per heavy atom. The normalized spacial score (nSPS) is 13.4. The van der Waals surface area contributed by atoms with E-state index >= 15 is 0 Å². The molecule has 0 amide bonds. The van der Waals surface area contributed by atoms with Crippen LogP contribution in [0.25, 0.3) is 0 Å². The van der Waals surface area contributed by atoms with Gasteiger partial charge in [0.2, 0.25) is 0 Å². The summed E-state index contributed by atoms with van der Waals surface area (Å²) in [5.41, 5.74) is 2.04. The van der Waals surface area contributed by atoms with Gasteiger partial charge in [-0.25, -0.2) is 0 Å². The number of unbranched alkanes of at least 4 members (excludes halogenated alkanes) is 3. The van der Waals surface area contributed by atoms with Crippen LogP contribution in [0.5, 0.6) is 0 Å². The smallest absolute Gasteiger partial charge is 0.0272 e. The monoisotopic (exact) mass is 196 g/mol. The molecular formula is C14H28. The second-order valence-electron chi connectivity index (χ2n) is 5.29. The Labute approximate surface area is 90.8 Å². The zero-order valence-corrected chi connectivity index (χ0v) is 10.8. The first kappa shape index (κ1) is 13.7. The molecule has 0 atom stereocenters. The third-order valence-electron chi connectivity index (χ3n) is 2.96. The van der Waals surface area contributed by atoms with E-state index in [2.05, 4.69) is 40.7 Å². The van der Waals surface area contributed by atoms with Gasteiger partial charge in [0.25, 0.3) is 0 Å². The van der Waals surface area contributed by atoms with Gasteiger partial charge in [0.15, 0.2) is 0 Å². The lowest BCUT2D eigenvalue weighted by Crippen LogP contribution is -2.11. The van der Waals surface area contributed by atoms with Crippen LogP contribution in [0.3, 0.4) is 0 Å². The Morgan fingerprint density at radius 2 is 1.79 bits per heavy atom. The summed E-state index contributed by atoms with van der Waals surface area (Å²) in [7, 11) is 0. The second-order valence-corrected chi connectivity index (χ2v) is 5.29. The highest BCUT2D eigenvalue weighted by Gasteiger charge is 2.17. The first-order chi connectivity index (χ1) is 6.52. The van der Waals surface area contributed by atoms with Crippen molar-refractivity contribution in [3.8, 4) is 0 Å². The number of hydrogen-bond donors (Lipinski definition) is 0. The highest BCUT2D eigenvalue weighted by Crippen LogP contribution is 2.31. The van der Waals surface area contributed by atoms with Crippen LogP contribution < -0.4 is 0 Å². The maximum Gasteiger partial charge on any atom is -0.0272 e. The van der Waals surface area contributed by atoms with E-state index in [1.54, 1.807) is 0 Å². The summed E-state index contributed by atoms with van der Waals surface area (Å²) in [6.07, 6.45) is 10.4. The van der Waals surface area contributed by atoms with Gasteiger partial charge in [-0.05, 0) is 32.1 Å². The molecule has 0 heterocycles. The molecule has 0 N–H and O–H groups in total. The molecule has 0 aliphatic carbocycles. The molecule has 0 unspecified atom stereocenters. The van der Waals surface area contributed by atoms with Crippen LogP contribution in [0.1, 0.15) is 73.1 Å². The molecule has 0 aromatic carbocycles. The molecule has 14 heavy (non-hydrogen) atoms. The third-order valence-corrected chi connectivity index (χ3v) is 2.96. The zero-order chi connectivity index (χ0) is 11.0. The van der Waals surface area contributed by atoms with Gasteiger partial charge < -0.3 is 0 Å². The van der Waals surface area contributed by atoms with Crippen molar-refractivity contribution in [1.82, 2.24) is 0 Å². The van der Waals surface area contributed by atoms with E-state index in [0.29, 0.717) is 5.41 Å². The maximum atomic E-state index is 2.39. The number of allylic oxidation sites excluding steroid dienone is 2. The molecule has 0 saturated heterocycles. The molecule has 0 aromatic heterocycles. The van der Waals surface area contributed by atoms with Crippen LogP contribution in [0, 0.1) is 5.41 Å². The van der Waals surface area contributed by atoms with Gasteiger partial charge in [-0.15, -0.1) is 0 Å². The van der Waals surface area contributed by atoms with Gasteiger partial charge in [0.05, 0.1) is 0 Å². The van der Waals surface area contributed by atoms with Gasteiger partial charge >= 0.3 is 0 Å². The van der Waals surface area contributed by atoms with Crippen molar-refractivity contribution in [3.05, 3.63) is 11.6 Å². The third kappa shape index (κ3) is 7.17. The fourth-order valence-corrected chi connectivity index (χ4v) is 1.98. The highest BCUT2D eigenvalue weighted by molar-refractivity contribution is 4.99. The van der Waals surface area contributed by atoms with Gasteiger partial charge in [-0.1, -0.05) is 58.1 Å². The average Bonchev–Trinajstić information content (AvgIpc) is 2.12. The van der Waals surface area contributed by atoms with E-state index in [-0.39, 0.29) is 0 Å². The van der Waals surface area contributed by atoms with Crippen LogP contribution in [0.2, 0.25) is 0 Å². The Bertz CT molecular complexity index is 163. The molecule has 0 spiro atoms. The van der Waals surface area contributed by atoms with Gasteiger partial charge in [-0.2, -0.15) is 0 Å². The minimum atomic E-state index is 0.504. The first-order valence-electron chi connectivity index (χ1n) is 6.13. The molecular weight excluding hydrogens is 168 g/mol. The Hall–Kier alpha value is -0.260. The van der Waals surface area contributed by atoms with Crippen LogP contribution in [0.4, 0.5) is 0 Å². The van der Waals surface area contributed by atoms with Crippen LogP contribution in [-0.2, 0) is 0 Å². The van der Waals surface area contributed by atoms with E-state index in [1.807, 2.05) is 0 Å². The topological polar surface area (TPSA) is 0 Å². The molecule has 0 heteroatoms. The molecule has 0 aliphatic rings. The van der Waals surface area contributed by atoms with Crippen molar-refractivity contribution >= 4 is 0 Å². The van der Waals surface area contributed by atoms with Crippen molar-refractivity contribution in [1.29, 1.82) is 0 Å². The van der Waals surface area contributed by atoms with Gasteiger partial charge in [0, 0.05) is 0 Å². The molecule has 0 bridgehead atoms. The molecule has 0 aromatic rings. The van der Waals surface area contributed by atoms with Crippen molar-refractivity contribution < 1.29 is 0 Å². The SMILES string of the molecule is CC=C(C)CC(C)(C)CCCCCC. The summed E-state index contributed by atoms with van der Waals surface area (Å²) in [4.78, 5) is 0. The van der Waals surface area contributed by atoms with E-state index in [1.165, 1.54) is 44.1 Å². The fraction of sp³-hybridized carbons (Fsp3) is 0.857.